The van der Waals surface area contributed by atoms with Crippen LogP contribution in [0.15, 0.2) is 29.4 Å². The van der Waals surface area contributed by atoms with Crippen molar-refractivity contribution in [2.45, 2.75) is 6.54 Å². The molecule has 0 fully saturated rings. The van der Waals surface area contributed by atoms with Gasteiger partial charge in [-0.3, -0.25) is 4.79 Å². The SMILES string of the molecule is BC(=O)NCc1cccc(/C=N/O)c1. The number of benzene rings is 1. The van der Waals surface area contributed by atoms with Crippen molar-refractivity contribution in [2.24, 2.45) is 5.16 Å². The Hall–Kier alpha value is -1.78. The van der Waals surface area contributed by atoms with Crippen molar-refractivity contribution in [1.29, 1.82) is 0 Å². The summed E-state index contributed by atoms with van der Waals surface area (Å²) in [5.41, 5.74) is 1.77. The first-order valence-electron chi connectivity index (χ1n) is 4.23. The van der Waals surface area contributed by atoms with Gasteiger partial charge in [0.05, 0.1) is 6.21 Å². The molecule has 0 heterocycles. The van der Waals surface area contributed by atoms with E-state index in [4.69, 9.17) is 5.21 Å². The topological polar surface area (TPSA) is 61.7 Å². The second-order valence-corrected chi connectivity index (χ2v) is 2.90. The van der Waals surface area contributed by atoms with Crippen LogP contribution in [0.5, 0.6) is 0 Å². The fourth-order valence-electron chi connectivity index (χ4n) is 1.08. The van der Waals surface area contributed by atoms with Gasteiger partial charge in [-0.15, -0.1) is 0 Å². The molecule has 0 atom stereocenters. The average Bonchev–Trinajstić information content (AvgIpc) is 2.16. The van der Waals surface area contributed by atoms with Crippen molar-refractivity contribution in [3.8, 4) is 0 Å². The third-order valence-corrected chi connectivity index (χ3v) is 1.70. The summed E-state index contributed by atoms with van der Waals surface area (Å²) in [5, 5.41) is 13.9. The van der Waals surface area contributed by atoms with Gasteiger partial charge in [-0.2, -0.15) is 0 Å². The molecule has 0 spiro atoms. The molecular weight excluding hydrogens is 179 g/mol. The first-order valence-corrected chi connectivity index (χ1v) is 4.23. The third kappa shape index (κ3) is 3.31. The van der Waals surface area contributed by atoms with E-state index in [0.717, 1.165) is 11.1 Å². The first-order chi connectivity index (χ1) is 6.72. The molecule has 0 saturated heterocycles. The van der Waals surface area contributed by atoms with E-state index < -0.39 is 0 Å². The molecule has 5 heteroatoms. The summed E-state index contributed by atoms with van der Waals surface area (Å²) in [6, 6.07) is 7.39. The minimum absolute atomic E-state index is 0.0637. The molecule has 1 amide bonds. The van der Waals surface area contributed by atoms with Crippen LogP contribution in [-0.2, 0) is 6.54 Å². The van der Waals surface area contributed by atoms with Crippen LogP contribution in [0.1, 0.15) is 11.1 Å². The highest BCUT2D eigenvalue weighted by Crippen LogP contribution is 2.02. The molecular formula is C9H11BN2O2. The van der Waals surface area contributed by atoms with Gasteiger partial charge in [0.1, 0.15) is 0 Å². The number of nitrogens with one attached hydrogen (secondary N) is 1. The van der Waals surface area contributed by atoms with Crippen LogP contribution in [0.2, 0.25) is 0 Å². The van der Waals surface area contributed by atoms with Gasteiger partial charge in [0, 0.05) is 6.54 Å². The summed E-state index contributed by atoms with van der Waals surface area (Å²) in [6.07, 6.45) is 1.34. The van der Waals surface area contributed by atoms with Crippen molar-refractivity contribution >= 4 is 19.9 Å². The number of amides is 1. The zero-order valence-corrected chi connectivity index (χ0v) is 7.90. The van der Waals surface area contributed by atoms with E-state index in [1.165, 1.54) is 14.1 Å². The lowest BCUT2D eigenvalue weighted by Gasteiger charge is -2.02. The molecule has 0 saturated carbocycles. The van der Waals surface area contributed by atoms with Crippen LogP contribution in [0.4, 0.5) is 4.79 Å². The molecule has 0 aromatic heterocycles. The number of rotatable bonds is 3. The van der Waals surface area contributed by atoms with E-state index in [0.29, 0.717) is 6.54 Å². The van der Waals surface area contributed by atoms with Crippen molar-refractivity contribution in [1.82, 2.24) is 5.32 Å². The van der Waals surface area contributed by atoms with Gasteiger partial charge in [0.2, 0.25) is 7.85 Å². The summed E-state index contributed by atoms with van der Waals surface area (Å²) in [5.74, 6) is -0.0637. The van der Waals surface area contributed by atoms with Gasteiger partial charge >= 0.3 is 0 Å². The second-order valence-electron chi connectivity index (χ2n) is 2.90. The van der Waals surface area contributed by atoms with Gasteiger partial charge in [0.25, 0.3) is 0 Å². The van der Waals surface area contributed by atoms with Crippen LogP contribution >= 0.6 is 0 Å². The highest BCUT2D eigenvalue weighted by atomic mass is 16.4. The van der Waals surface area contributed by atoms with E-state index in [9.17, 15) is 4.79 Å². The summed E-state index contributed by atoms with van der Waals surface area (Å²) in [7, 11) is 1.47. The Kier molecular flexibility index (Phi) is 3.73. The highest BCUT2D eigenvalue weighted by Gasteiger charge is 1.95. The van der Waals surface area contributed by atoms with Crippen LogP contribution < -0.4 is 5.32 Å². The summed E-state index contributed by atoms with van der Waals surface area (Å²) in [6.45, 7) is 0.489. The average molecular weight is 190 g/mol. The zero-order valence-electron chi connectivity index (χ0n) is 7.90. The summed E-state index contributed by atoms with van der Waals surface area (Å²) < 4.78 is 0. The van der Waals surface area contributed by atoms with Gasteiger partial charge in [-0.1, -0.05) is 23.4 Å². The lowest BCUT2D eigenvalue weighted by molar-refractivity contribution is 0.259. The molecule has 1 aromatic rings. The quantitative estimate of drug-likeness (QED) is 0.312. The normalized spacial score (nSPS) is 10.3. The summed E-state index contributed by atoms with van der Waals surface area (Å²) in [4.78, 5) is 10.7. The summed E-state index contributed by atoms with van der Waals surface area (Å²) >= 11 is 0. The second kappa shape index (κ2) is 5.06. The predicted molar refractivity (Wildman–Crippen MR) is 56.6 cm³/mol. The van der Waals surface area contributed by atoms with Gasteiger partial charge < -0.3 is 10.5 Å². The molecule has 14 heavy (non-hydrogen) atoms. The van der Waals surface area contributed by atoms with Crippen molar-refractivity contribution in [3.05, 3.63) is 35.4 Å². The first kappa shape index (κ1) is 10.3. The van der Waals surface area contributed by atoms with Crippen LogP contribution in [0, 0.1) is 0 Å². The minimum Gasteiger partial charge on any atom is -0.411 e. The Bertz CT molecular complexity index is 352. The van der Waals surface area contributed by atoms with Crippen LogP contribution in [0.3, 0.4) is 0 Å². The molecule has 0 radical (unpaired) electrons. The molecule has 0 aliphatic carbocycles. The molecule has 0 aliphatic heterocycles. The number of hydrogen-bond acceptors (Lipinski definition) is 3. The predicted octanol–water partition coefficient (Wildman–Crippen LogP) is 0.337. The Balaban J connectivity index is 2.68. The third-order valence-electron chi connectivity index (χ3n) is 1.70. The number of oxime groups is 1. The number of nitrogens with zero attached hydrogens (tertiary/aromatic N) is 1. The largest absolute Gasteiger partial charge is 0.411 e. The molecule has 1 aromatic carbocycles. The molecule has 72 valence electrons. The Labute approximate surface area is 83.0 Å². The van der Waals surface area contributed by atoms with Crippen molar-refractivity contribution < 1.29 is 10.0 Å². The van der Waals surface area contributed by atoms with E-state index >= 15 is 0 Å². The number of hydrogen-bond donors (Lipinski definition) is 2. The maximum atomic E-state index is 10.7. The Morgan fingerprint density at radius 3 is 3.07 bits per heavy atom. The molecule has 0 aliphatic rings. The lowest BCUT2D eigenvalue weighted by atomic mass is 10.1. The molecule has 4 nitrogen and oxygen atoms in total. The standard InChI is InChI=1S/C9H11BN2O2/c10-9(13)11-5-7-2-1-3-8(4-7)6-12-14/h1-4,6,14H,5,10H2,(H,11,13)/b12-6+. The van der Waals surface area contributed by atoms with Crippen molar-refractivity contribution in [3.63, 3.8) is 0 Å². The molecule has 2 N–H and O–H groups in total. The number of carbonyl (C=O) groups is 1. The van der Waals surface area contributed by atoms with Crippen molar-refractivity contribution in [2.75, 3.05) is 0 Å². The smallest absolute Gasteiger partial charge is 0.215 e. The molecule has 1 rings (SSSR count). The van der Waals surface area contributed by atoms with E-state index in [2.05, 4.69) is 10.5 Å². The van der Waals surface area contributed by atoms with Gasteiger partial charge in [-0.05, 0) is 17.2 Å². The van der Waals surface area contributed by atoms with Crippen LogP contribution in [0.25, 0.3) is 0 Å². The Morgan fingerprint density at radius 2 is 2.43 bits per heavy atom. The Morgan fingerprint density at radius 1 is 1.64 bits per heavy atom. The fourth-order valence-corrected chi connectivity index (χ4v) is 1.08. The van der Waals surface area contributed by atoms with Crippen LogP contribution in [-0.4, -0.2) is 25.1 Å². The maximum Gasteiger partial charge on any atom is 0.215 e. The zero-order chi connectivity index (χ0) is 10.4. The monoisotopic (exact) mass is 190 g/mol. The maximum absolute atomic E-state index is 10.7. The van der Waals surface area contributed by atoms with E-state index in [1.807, 2.05) is 24.3 Å². The van der Waals surface area contributed by atoms with Gasteiger partial charge in [-0.25, -0.2) is 0 Å². The minimum atomic E-state index is -0.0637. The molecule has 0 unspecified atom stereocenters. The lowest BCUT2D eigenvalue weighted by Crippen LogP contribution is -2.20. The molecule has 0 bridgehead atoms. The fraction of sp³-hybridized carbons (Fsp3) is 0.111. The van der Waals surface area contributed by atoms with Gasteiger partial charge in [0.15, 0.2) is 5.81 Å². The number of carbonyl (C=O) groups excluding carboxylic acids is 1. The van der Waals surface area contributed by atoms with E-state index in [-0.39, 0.29) is 5.81 Å². The highest BCUT2D eigenvalue weighted by molar-refractivity contribution is 6.57. The van der Waals surface area contributed by atoms with E-state index in [1.54, 1.807) is 0 Å².